The van der Waals surface area contributed by atoms with Crippen LogP contribution in [0.2, 0.25) is 0 Å². The minimum Gasteiger partial charge on any atom is -0.481 e. The third-order valence-corrected chi connectivity index (χ3v) is 3.44. The van der Waals surface area contributed by atoms with Gasteiger partial charge in [-0.1, -0.05) is 6.42 Å². The van der Waals surface area contributed by atoms with Crippen molar-refractivity contribution >= 4 is 5.97 Å². The molecular weight excluding hydrogens is 214 g/mol. The summed E-state index contributed by atoms with van der Waals surface area (Å²) in [6, 6.07) is 1.93. The minimum absolute atomic E-state index is 0.239. The van der Waals surface area contributed by atoms with E-state index in [1.165, 1.54) is 6.92 Å². The van der Waals surface area contributed by atoms with Crippen LogP contribution in [0.3, 0.4) is 0 Å². The summed E-state index contributed by atoms with van der Waals surface area (Å²) >= 11 is 0. The molecule has 0 heterocycles. The zero-order chi connectivity index (χ0) is 11.9. The van der Waals surface area contributed by atoms with E-state index in [1.807, 2.05) is 0 Å². The first kappa shape index (κ1) is 11.0. The Morgan fingerprint density at radius 2 is 2.00 bits per heavy atom. The fraction of sp³-hybridized carbons (Fsp3) is 0.417. The number of carboxylic acid groups (broad SMARTS) is 1. The molecule has 0 saturated heterocycles. The predicted molar refractivity (Wildman–Crippen MR) is 54.3 cm³/mol. The molecule has 1 aromatic carbocycles. The van der Waals surface area contributed by atoms with Gasteiger partial charge < -0.3 is 5.11 Å². The normalized spacial score (nSPS) is 17.9. The molecule has 0 aromatic heterocycles. The van der Waals surface area contributed by atoms with E-state index in [9.17, 15) is 18.7 Å². The molecule has 2 nitrogen and oxygen atoms in total. The van der Waals surface area contributed by atoms with Gasteiger partial charge in [0.1, 0.15) is 11.6 Å². The molecule has 4 heteroatoms. The molecule has 0 radical (unpaired) electrons. The molecule has 1 fully saturated rings. The lowest BCUT2D eigenvalue weighted by molar-refractivity contribution is -0.147. The van der Waals surface area contributed by atoms with Crippen LogP contribution >= 0.6 is 0 Å². The summed E-state index contributed by atoms with van der Waals surface area (Å²) in [5.74, 6) is -2.39. The molecule has 2 rings (SSSR count). The van der Waals surface area contributed by atoms with Gasteiger partial charge in [-0.15, -0.1) is 0 Å². The van der Waals surface area contributed by atoms with Crippen molar-refractivity contribution in [3.8, 4) is 0 Å². The highest BCUT2D eigenvalue weighted by molar-refractivity contribution is 5.83. The van der Waals surface area contributed by atoms with Crippen LogP contribution in [-0.2, 0) is 10.2 Å². The number of aliphatic carboxylic acids is 1. The molecular formula is C12H12F2O2. The van der Waals surface area contributed by atoms with Gasteiger partial charge in [0, 0.05) is 6.07 Å². The van der Waals surface area contributed by atoms with E-state index >= 15 is 0 Å². The Labute approximate surface area is 91.9 Å². The molecule has 0 unspecified atom stereocenters. The zero-order valence-corrected chi connectivity index (χ0v) is 8.89. The van der Waals surface area contributed by atoms with Crippen LogP contribution in [0.4, 0.5) is 8.78 Å². The molecule has 1 N–H and O–H groups in total. The van der Waals surface area contributed by atoms with Crippen molar-refractivity contribution in [2.75, 3.05) is 0 Å². The van der Waals surface area contributed by atoms with Gasteiger partial charge in [-0.3, -0.25) is 4.79 Å². The quantitative estimate of drug-likeness (QED) is 0.841. The summed E-state index contributed by atoms with van der Waals surface area (Å²) in [5, 5.41) is 9.20. The van der Waals surface area contributed by atoms with Crippen molar-refractivity contribution in [2.24, 2.45) is 0 Å². The van der Waals surface area contributed by atoms with E-state index in [0.717, 1.165) is 18.6 Å². The van der Waals surface area contributed by atoms with Crippen molar-refractivity contribution in [1.29, 1.82) is 0 Å². The molecule has 1 aliphatic carbocycles. The third kappa shape index (κ3) is 1.40. The summed E-state index contributed by atoms with van der Waals surface area (Å²) < 4.78 is 26.5. The smallest absolute Gasteiger partial charge is 0.314 e. The molecule has 86 valence electrons. The maximum absolute atomic E-state index is 13.4. The Morgan fingerprint density at radius 3 is 2.44 bits per heavy atom. The van der Waals surface area contributed by atoms with Gasteiger partial charge in [0.2, 0.25) is 0 Å². The monoisotopic (exact) mass is 226 g/mol. The lowest BCUT2D eigenvalue weighted by Crippen LogP contribution is -2.43. The van der Waals surface area contributed by atoms with Crippen molar-refractivity contribution < 1.29 is 18.7 Å². The Balaban J connectivity index is 2.59. The highest BCUT2D eigenvalue weighted by Gasteiger charge is 2.47. The fourth-order valence-electron chi connectivity index (χ4n) is 2.27. The molecule has 0 aliphatic heterocycles. The number of halogens is 2. The standard InChI is InChI=1S/C12H12F2O2/c1-7-9(5-8(13)6-10(7)14)12(11(15)16)3-2-4-12/h5-6H,2-4H2,1H3,(H,15,16). The van der Waals surface area contributed by atoms with Gasteiger partial charge in [0.05, 0.1) is 5.41 Å². The number of carboxylic acids is 1. The van der Waals surface area contributed by atoms with E-state index in [-0.39, 0.29) is 11.1 Å². The molecule has 1 aromatic rings. The topological polar surface area (TPSA) is 37.3 Å². The Hall–Kier alpha value is -1.45. The van der Waals surface area contributed by atoms with E-state index in [4.69, 9.17) is 0 Å². The van der Waals surface area contributed by atoms with Gasteiger partial charge in [0.15, 0.2) is 0 Å². The largest absolute Gasteiger partial charge is 0.481 e. The number of benzene rings is 1. The molecule has 0 amide bonds. The van der Waals surface area contributed by atoms with E-state index in [0.29, 0.717) is 12.8 Å². The second-order valence-electron chi connectivity index (χ2n) is 4.30. The van der Waals surface area contributed by atoms with Crippen LogP contribution in [0.15, 0.2) is 12.1 Å². The summed E-state index contributed by atoms with van der Waals surface area (Å²) in [4.78, 5) is 11.2. The lowest BCUT2D eigenvalue weighted by atomic mass is 9.63. The second-order valence-corrected chi connectivity index (χ2v) is 4.30. The maximum Gasteiger partial charge on any atom is 0.314 e. The van der Waals surface area contributed by atoms with Crippen LogP contribution in [0.1, 0.15) is 30.4 Å². The van der Waals surface area contributed by atoms with Crippen LogP contribution in [0.25, 0.3) is 0 Å². The Morgan fingerprint density at radius 1 is 1.38 bits per heavy atom. The van der Waals surface area contributed by atoms with Gasteiger partial charge in [-0.05, 0) is 37.0 Å². The SMILES string of the molecule is Cc1c(F)cc(F)cc1C1(C(=O)O)CCC1. The maximum atomic E-state index is 13.4. The number of carbonyl (C=O) groups is 1. The molecule has 1 saturated carbocycles. The van der Waals surface area contributed by atoms with Gasteiger partial charge in [-0.25, -0.2) is 8.78 Å². The fourth-order valence-corrected chi connectivity index (χ4v) is 2.27. The second kappa shape index (κ2) is 3.54. The summed E-state index contributed by atoms with van der Waals surface area (Å²) in [7, 11) is 0. The molecule has 16 heavy (non-hydrogen) atoms. The van der Waals surface area contributed by atoms with E-state index < -0.39 is 23.0 Å². The molecule has 0 spiro atoms. The van der Waals surface area contributed by atoms with Crippen LogP contribution < -0.4 is 0 Å². The predicted octanol–water partition coefficient (Wildman–Crippen LogP) is 2.78. The van der Waals surface area contributed by atoms with Gasteiger partial charge in [0.25, 0.3) is 0 Å². The first-order chi connectivity index (χ1) is 7.47. The summed E-state index contributed by atoms with van der Waals surface area (Å²) in [5.41, 5.74) is -0.556. The summed E-state index contributed by atoms with van der Waals surface area (Å²) in [6.45, 7) is 1.49. The highest BCUT2D eigenvalue weighted by Crippen LogP contribution is 2.45. The Kier molecular flexibility index (Phi) is 2.45. The lowest BCUT2D eigenvalue weighted by Gasteiger charge is -2.39. The number of rotatable bonds is 2. The van der Waals surface area contributed by atoms with Crippen molar-refractivity contribution in [3.05, 3.63) is 34.9 Å². The van der Waals surface area contributed by atoms with E-state index in [2.05, 4.69) is 0 Å². The first-order valence-electron chi connectivity index (χ1n) is 5.17. The number of hydrogen-bond acceptors (Lipinski definition) is 1. The van der Waals surface area contributed by atoms with Gasteiger partial charge in [-0.2, -0.15) is 0 Å². The average Bonchev–Trinajstić information content (AvgIpc) is 2.10. The third-order valence-electron chi connectivity index (χ3n) is 3.44. The van der Waals surface area contributed by atoms with Crippen LogP contribution in [0, 0.1) is 18.6 Å². The van der Waals surface area contributed by atoms with Crippen molar-refractivity contribution in [3.63, 3.8) is 0 Å². The molecule has 0 bridgehead atoms. The molecule has 1 aliphatic rings. The van der Waals surface area contributed by atoms with Crippen molar-refractivity contribution in [1.82, 2.24) is 0 Å². The Bertz CT molecular complexity index is 451. The van der Waals surface area contributed by atoms with Crippen LogP contribution in [-0.4, -0.2) is 11.1 Å². The average molecular weight is 226 g/mol. The van der Waals surface area contributed by atoms with E-state index in [1.54, 1.807) is 0 Å². The summed E-state index contributed by atoms with van der Waals surface area (Å²) in [6.07, 6.45) is 1.68. The number of hydrogen-bond donors (Lipinski definition) is 1. The van der Waals surface area contributed by atoms with Crippen LogP contribution in [0.5, 0.6) is 0 Å². The minimum atomic E-state index is -1.08. The van der Waals surface area contributed by atoms with Crippen molar-refractivity contribution in [2.45, 2.75) is 31.6 Å². The highest BCUT2D eigenvalue weighted by atomic mass is 19.1. The van der Waals surface area contributed by atoms with Gasteiger partial charge >= 0.3 is 5.97 Å². The first-order valence-corrected chi connectivity index (χ1v) is 5.17. The zero-order valence-electron chi connectivity index (χ0n) is 8.89. The molecule has 0 atom stereocenters.